The van der Waals surface area contributed by atoms with Gasteiger partial charge in [0.05, 0.1) is 6.04 Å². The van der Waals surface area contributed by atoms with Gasteiger partial charge >= 0.3 is 0 Å². The molecule has 0 aromatic heterocycles. The van der Waals surface area contributed by atoms with Crippen molar-refractivity contribution in [3.8, 4) is 0 Å². The standard InChI is InChI=1S/C21H24N2/c1-4-10-18(11-5-1)20(19-12-6-2-7-13-19)23-16-21(17-23)14-8-3-9-15-22-21/h1-8,10-13,20,22H,9,14-17H2. The lowest BCUT2D eigenvalue weighted by atomic mass is 9.82. The molecule has 0 unspecified atom stereocenters. The summed E-state index contributed by atoms with van der Waals surface area (Å²) in [5, 5.41) is 3.78. The highest BCUT2D eigenvalue weighted by molar-refractivity contribution is 5.33. The van der Waals surface area contributed by atoms with Crippen molar-refractivity contribution < 1.29 is 0 Å². The molecule has 4 rings (SSSR count). The van der Waals surface area contributed by atoms with Crippen LogP contribution in [0.4, 0.5) is 0 Å². The monoisotopic (exact) mass is 304 g/mol. The molecule has 0 saturated carbocycles. The van der Waals surface area contributed by atoms with E-state index < -0.39 is 0 Å². The van der Waals surface area contributed by atoms with Crippen molar-refractivity contribution in [2.75, 3.05) is 19.6 Å². The minimum Gasteiger partial charge on any atom is -0.308 e. The summed E-state index contributed by atoms with van der Waals surface area (Å²) in [6.07, 6.45) is 6.98. The van der Waals surface area contributed by atoms with Crippen molar-refractivity contribution in [1.82, 2.24) is 10.2 Å². The second-order valence-corrected chi connectivity index (χ2v) is 6.80. The van der Waals surface area contributed by atoms with Gasteiger partial charge in [0.2, 0.25) is 0 Å². The average molecular weight is 304 g/mol. The summed E-state index contributed by atoms with van der Waals surface area (Å²) >= 11 is 0. The summed E-state index contributed by atoms with van der Waals surface area (Å²) in [4.78, 5) is 2.61. The van der Waals surface area contributed by atoms with E-state index in [2.05, 4.69) is 83.0 Å². The maximum Gasteiger partial charge on any atom is 0.0603 e. The van der Waals surface area contributed by atoms with Crippen molar-refractivity contribution in [1.29, 1.82) is 0 Å². The zero-order chi connectivity index (χ0) is 15.5. The first-order valence-corrected chi connectivity index (χ1v) is 8.60. The number of rotatable bonds is 3. The zero-order valence-corrected chi connectivity index (χ0v) is 13.5. The molecule has 23 heavy (non-hydrogen) atoms. The lowest BCUT2D eigenvalue weighted by Crippen LogP contribution is -2.69. The Morgan fingerprint density at radius 1 is 0.826 bits per heavy atom. The number of benzene rings is 2. The van der Waals surface area contributed by atoms with E-state index in [1.165, 1.54) is 11.1 Å². The Morgan fingerprint density at radius 3 is 2.04 bits per heavy atom. The van der Waals surface area contributed by atoms with Crippen LogP contribution in [0.15, 0.2) is 72.8 Å². The molecule has 0 radical (unpaired) electrons. The SMILES string of the molecule is C1=CCC2(CN(C(c3ccccc3)c3ccccc3)C2)NCC1. The van der Waals surface area contributed by atoms with E-state index in [1.807, 2.05) is 0 Å². The minimum atomic E-state index is 0.287. The largest absolute Gasteiger partial charge is 0.308 e. The molecule has 0 bridgehead atoms. The van der Waals surface area contributed by atoms with Gasteiger partial charge in [0.1, 0.15) is 0 Å². The van der Waals surface area contributed by atoms with Gasteiger partial charge in [0.25, 0.3) is 0 Å². The third kappa shape index (κ3) is 2.97. The molecular formula is C21H24N2. The van der Waals surface area contributed by atoms with Crippen LogP contribution in [-0.4, -0.2) is 30.1 Å². The first-order valence-electron chi connectivity index (χ1n) is 8.60. The molecule has 2 heterocycles. The third-order valence-corrected chi connectivity index (χ3v) is 5.09. The maximum atomic E-state index is 3.78. The normalized spacial score (nSPS) is 20.4. The highest BCUT2D eigenvalue weighted by Crippen LogP contribution is 2.37. The second-order valence-electron chi connectivity index (χ2n) is 6.80. The van der Waals surface area contributed by atoms with Crippen molar-refractivity contribution in [3.05, 3.63) is 83.9 Å². The molecule has 0 amide bonds. The molecule has 0 aliphatic carbocycles. The van der Waals surface area contributed by atoms with Gasteiger partial charge in [-0.3, -0.25) is 4.90 Å². The van der Waals surface area contributed by atoms with Crippen LogP contribution in [-0.2, 0) is 0 Å². The molecule has 2 aromatic rings. The summed E-state index contributed by atoms with van der Waals surface area (Å²) in [5.74, 6) is 0. The van der Waals surface area contributed by atoms with Crippen LogP contribution in [0.1, 0.15) is 30.0 Å². The molecule has 2 heteroatoms. The molecule has 2 aromatic carbocycles. The predicted octanol–water partition coefficient (Wildman–Crippen LogP) is 3.77. The molecule has 2 aliphatic rings. The van der Waals surface area contributed by atoms with E-state index in [-0.39, 0.29) is 5.54 Å². The maximum absolute atomic E-state index is 3.78. The average Bonchev–Trinajstić information content (AvgIpc) is 2.83. The van der Waals surface area contributed by atoms with E-state index in [0.717, 1.165) is 32.5 Å². The fourth-order valence-corrected chi connectivity index (χ4v) is 3.96. The Bertz CT molecular complexity index is 617. The summed E-state index contributed by atoms with van der Waals surface area (Å²) in [7, 11) is 0. The topological polar surface area (TPSA) is 15.3 Å². The molecule has 1 fully saturated rings. The molecule has 1 N–H and O–H groups in total. The van der Waals surface area contributed by atoms with Crippen LogP contribution in [0.25, 0.3) is 0 Å². The highest BCUT2D eigenvalue weighted by Gasteiger charge is 2.45. The van der Waals surface area contributed by atoms with Gasteiger partial charge in [-0.25, -0.2) is 0 Å². The summed E-state index contributed by atoms with van der Waals surface area (Å²) in [5.41, 5.74) is 3.06. The van der Waals surface area contributed by atoms with Crippen molar-refractivity contribution in [3.63, 3.8) is 0 Å². The Labute approximate surface area is 138 Å². The number of likely N-dealkylation sites (tertiary alicyclic amines) is 1. The Hall–Kier alpha value is -1.90. The van der Waals surface area contributed by atoms with Crippen LogP contribution in [0.2, 0.25) is 0 Å². The summed E-state index contributed by atoms with van der Waals surface area (Å²) < 4.78 is 0. The van der Waals surface area contributed by atoms with E-state index in [4.69, 9.17) is 0 Å². The predicted molar refractivity (Wildman–Crippen MR) is 95.4 cm³/mol. The first kappa shape index (κ1) is 14.7. The van der Waals surface area contributed by atoms with Gasteiger partial charge in [-0.15, -0.1) is 0 Å². The number of hydrogen-bond acceptors (Lipinski definition) is 2. The summed E-state index contributed by atoms with van der Waals surface area (Å²) in [6.45, 7) is 3.34. The van der Waals surface area contributed by atoms with Crippen molar-refractivity contribution >= 4 is 0 Å². The minimum absolute atomic E-state index is 0.287. The lowest BCUT2D eigenvalue weighted by Gasteiger charge is -2.53. The smallest absolute Gasteiger partial charge is 0.0603 e. The van der Waals surface area contributed by atoms with Gasteiger partial charge in [-0.1, -0.05) is 72.8 Å². The van der Waals surface area contributed by atoms with Gasteiger partial charge < -0.3 is 5.32 Å². The molecule has 2 aliphatic heterocycles. The van der Waals surface area contributed by atoms with E-state index in [0.29, 0.717) is 6.04 Å². The van der Waals surface area contributed by atoms with Gasteiger partial charge in [-0.05, 0) is 30.5 Å². The van der Waals surface area contributed by atoms with Gasteiger partial charge in [0, 0.05) is 18.6 Å². The number of nitrogens with zero attached hydrogens (tertiary/aromatic N) is 1. The quantitative estimate of drug-likeness (QED) is 0.868. The van der Waals surface area contributed by atoms with Crippen LogP contribution in [0, 0.1) is 0 Å². The Balaban J connectivity index is 1.59. The number of nitrogens with one attached hydrogen (secondary N) is 1. The molecule has 0 atom stereocenters. The lowest BCUT2D eigenvalue weighted by molar-refractivity contribution is 0.0201. The van der Waals surface area contributed by atoms with Crippen molar-refractivity contribution in [2.45, 2.75) is 24.4 Å². The Morgan fingerprint density at radius 2 is 1.43 bits per heavy atom. The fourth-order valence-electron chi connectivity index (χ4n) is 3.96. The van der Waals surface area contributed by atoms with Gasteiger partial charge in [-0.2, -0.15) is 0 Å². The van der Waals surface area contributed by atoms with E-state index in [9.17, 15) is 0 Å². The Kier molecular flexibility index (Phi) is 4.02. The van der Waals surface area contributed by atoms with Gasteiger partial charge in [0.15, 0.2) is 0 Å². The molecule has 118 valence electrons. The van der Waals surface area contributed by atoms with Crippen LogP contribution in [0.5, 0.6) is 0 Å². The molecule has 1 spiro atoms. The van der Waals surface area contributed by atoms with E-state index in [1.54, 1.807) is 0 Å². The fraction of sp³-hybridized carbons (Fsp3) is 0.333. The van der Waals surface area contributed by atoms with Crippen LogP contribution >= 0.6 is 0 Å². The molecular weight excluding hydrogens is 280 g/mol. The third-order valence-electron chi connectivity index (χ3n) is 5.09. The first-order chi connectivity index (χ1) is 11.4. The van der Waals surface area contributed by atoms with E-state index >= 15 is 0 Å². The highest BCUT2D eigenvalue weighted by atomic mass is 15.3. The summed E-state index contributed by atoms with van der Waals surface area (Å²) in [6, 6.07) is 22.2. The van der Waals surface area contributed by atoms with Crippen LogP contribution in [0.3, 0.4) is 0 Å². The molecule has 1 saturated heterocycles. The van der Waals surface area contributed by atoms with Crippen LogP contribution < -0.4 is 5.32 Å². The van der Waals surface area contributed by atoms with Crippen molar-refractivity contribution in [2.24, 2.45) is 0 Å². The number of hydrogen-bond donors (Lipinski definition) is 1. The second kappa shape index (κ2) is 6.31. The molecule has 2 nitrogen and oxygen atoms in total. The zero-order valence-electron chi connectivity index (χ0n) is 13.5.